The number of methoxy groups -OCH3 is 1. The van der Waals surface area contributed by atoms with Crippen molar-refractivity contribution in [1.29, 1.82) is 0 Å². The predicted octanol–water partition coefficient (Wildman–Crippen LogP) is 3.73. The van der Waals surface area contributed by atoms with Gasteiger partial charge in [-0.2, -0.15) is 5.10 Å². The summed E-state index contributed by atoms with van der Waals surface area (Å²) in [7, 11) is -1.93. The SMILES string of the molecule is COc1cccc(/C=N\NC(=O)c2ccc(N(Cc3ccc(C)cc3)S(C)(=O)=O)cc2)c1. The highest BCUT2D eigenvalue weighted by atomic mass is 32.2. The molecule has 3 aromatic rings. The van der Waals surface area contributed by atoms with E-state index in [1.165, 1.54) is 10.5 Å². The van der Waals surface area contributed by atoms with Gasteiger partial charge in [-0.1, -0.05) is 42.0 Å². The molecule has 0 saturated carbocycles. The molecule has 3 rings (SSSR count). The molecule has 0 heterocycles. The highest BCUT2D eigenvalue weighted by molar-refractivity contribution is 7.92. The minimum atomic E-state index is -3.51. The van der Waals surface area contributed by atoms with E-state index < -0.39 is 15.9 Å². The molecule has 7 nitrogen and oxygen atoms in total. The average Bonchev–Trinajstić information content (AvgIpc) is 2.78. The number of sulfonamides is 1. The monoisotopic (exact) mass is 451 g/mol. The zero-order chi connectivity index (χ0) is 23.1. The van der Waals surface area contributed by atoms with Crippen LogP contribution in [0.5, 0.6) is 5.75 Å². The van der Waals surface area contributed by atoms with E-state index in [0.29, 0.717) is 17.0 Å². The Hall–Kier alpha value is -3.65. The summed E-state index contributed by atoms with van der Waals surface area (Å²) >= 11 is 0. The van der Waals surface area contributed by atoms with Gasteiger partial charge in [-0.25, -0.2) is 13.8 Å². The van der Waals surface area contributed by atoms with Crippen LogP contribution in [0.25, 0.3) is 0 Å². The molecular formula is C24H25N3O4S. The largest absolute Gasteiger partial charge is 0.497 e. The van der Waals surface area contributed by atoms with Gasteiger partial charge in [-0.3, -0.25) is 9.10 Å². The molecule has 0 aromatic heterocycles. The van der Waals surface area contributed by atoms with Crippen molar-refractivity contribution < 1.29 is 17.9 Å². The topological polar surface area (TPSA) is 88.1 Å². The number of hydrogen-bond acceptors (Lipinski definition) is 5. The number of hydrogen-bond donors (Lipinski definition) is 1. The average molecular weight is 452 g/mol. The lowest BCUT2D eigenvalue weighted by molar-refractivity contribution is 0.0955. The van der Waals surface area contributed by atoms with Gasteiger partial charge in [0.25, 0.3) is 5.91 Å². The van der Waals surface area contributed by atoms with E-state index in [0.717, 1.165) is 22.9 Å². The maximum Gasteiger partial charge on any atom is 0.271 e. The molecule has 0 spiro atoms. The fourth-order valence-electron chi connectivity index (χ4n) is 2.99. The molecule has 32 heavy (non-hydrogen) atoms. The van der Waals surface area contributed by atoms with E-state index in [1.807, 2.05) is 49.4 Å². The van der Waals surface area contributed by atoms with Gasteiger partial charge in [0.05, 0.1) is 31.8 Å². The van der Waals surface area contributed by atoms with Gasteiger partial charge in [0, 0.05) is 5.56 Å². The van der Waals surface area contributed by atoms with E-state index in [-0.39, 0.29) is 6.54 Å². The number of amides is 1. The second-order valence-corrected chi connectivity index (χ2v) is 9.18. The zero-order valence-electron chi connectivity index (χ0n) is 18.1. The summed E-state index contributed by atoms with van der Waals surface area (Å²) in [5, 5.41) is 3.97. The van der Waals surface area contributed by atoms with Crippen LogP contribution in [0.4, 0.5) is 5.69 Å². The molecule has 0 aliphatic heterocycles. The van der Waals surface area contributed by atoms with E-state index in [4.69, 9.17) is 4.74 Å². The van der Waals surface area contributed by atoms with Crippen LogP contribution in [0.15, 0.2) is 77.9 Å². The lowest BCUT2D eigenvalue weighted by Gasteiger charge is -2.22. The first-order chi connectivity index (χ1) is 15.3. The minimum absolute atomic E-state index is 0.204. The van der Waals surface area contributed by atoms with Crippen molar-refractivity contribution in [2.45, 2.75) is 13.5 Å². The number of nitrogens with zero attached hydrogens (tertiary/aromatic N) is 2. The third-order valence-corrected chi connectivity index (χ3v) is 5.88. The van der Waals surface area contributed by atoms with Crippen LogP contribution in [0.3, 0.4) is 0 Å². The Labute approximate surface area is 188 Å². The highest BCUT2D eigenvalue weighted by Gasteiger charge is 2.18. The van der Waals surface area contributed by atoms with Gasteiger partial charge in [0.2, 0.25) is 10.0 Å². The summed E-state index contributed by atoms with van der Waals surface area (Å²) in [6.45, 7) is 2.18. The smallest absolute Gasteiger partial charge is 0.271 e. The molecule has 1 N–H and O–H groups in total. The fraction of sp³-hybridized carbons (Fsp3) is 0.167. The summed E-state index contributed by atoms with van der Waals surface area (Å²) in [6, 6.07) is 21.3. The Morgan fingerprint density at radius 3 is 2.38 bits per heavy atom. The molecule has 0 saturated heterocycles. The van der Waals surface area contributed by atoms with Crippen LogP contribution in [0.2, 0.25) is 0 Å². The van der Waals surface area contributed by atoms with Crippen LogP contribution in [0.1, 0.15) is 27.0 Å². The number of anilines is 1. The summed E-state index contributed by atoms with van der Waals surface area (Å²) in [4.78, 5) is 12.4. The normalized spacial score (nSPS) is 11.3. The number of hydrazone groups is 1. The van der Waals surface area contributed by atoms with Gasteiger partial charge >= 0.3 is 0 Å². The van der Waals surface area contributed by atoms with Crippen molar-refractivity contribution in [2.75, 3.05) is 17.7 Å². The summed E-state index contributed by atoms with van der Waals surface area (Å²) in [5.74, 6) is 0.289. The maximum absolute atomic E-state index is 12.4. The van der Waals surface area contributed by atoms with Crippen LogP contribution in [0, 0.1) is 6.92 Å². The molecule has 3 aromatic carbocycles. The number of carbonyl (C=O) groups is 1. The Morgan fingerprint density at radius 2 is 1.75 bits per heavy atom. The number of aryl methyl sites for hydroxylation is 1. The third-order valence-electron chi connectivity index (χ3n) is 4.74. The molecule has 0 aliphatic carbocycles. The molecule has 0 radical (unpaired) electrons. The second-order valence-electron chi connectivity index (χ2n) is 7.28. The number of ether oxygens (including phenoxy) is 1. The van der Waals surface area contributed by atoms with Crippen molar-refractivity contribution in [3.63, 3.8) is 0 Å². The molecule has 0 fully saturated rings. The lowest BCUT2D eigenvalue weighted by Crippen LogP contribution is -2.29. The van der Waals surface area contributed by atoms with Crippen LogP contribution < -0.4 is 14.5 Å². The predicted molar refractivity (Wildman–Crippen MR) is 127 cm³/mol. The van der Waals surface area contributed by atoms with Crippen molar-refractivity contribution in [3.8, 4) is 5.75 Å². The fourth-order valence-corrected chi connectivity index (χ4v) is 3.88. The second kappa shape index (κ2) is 10.1. The molecular weight excluding hydrogens is 426 g/mol. The maximum atomic E-state index is 12.4. The first-order valence-electron chi connectivity index (χ1n) is 9.87. The van der Waals surface area contributed by atoms with Gasteiger partial charge in [-0.15, -0.1) is 0 Å². The van der Waals surface area contributed by atoms with Gasteiger partial charge in [-0.05, 0) is 54.4 Å². The van der Waals surface area contributed by atoms with E-state index in [9.17, 15) is 13.2 Å². The first kappa shape index (κ1) is 23.0. The van der Waals surface area contributed by atoms with Crippen LogP contribution >= 0.6 is 0 Å². The number of carbonyl (C=O) groups excluding carboxylic acids is 1. The summed E-state index contributed by atoms with van der Waals surface area (Å²) in [5.41, 5.74) is 6.05. The molecule has 166 valence electrons. The third kappa shape index (κ3) is 6.18. The zero-order valence-corrected chi connectivity index (χ0v) is 19.0. The Balaban J connectivity index is 1.70. The molecule has 8 heteroatoms. The molecule has 0 atom stereocenters. The van der Waals surface area contributed by atoms with Crippen molar-refractivity contribution >= 4 is 27.8 Å². The van der Waals surface area contributed by atoms with Crippen molar-refractivity contribution in [2.24, 2.45) is 5.10 Å². The number of rotatable bonds is 8. The Morgan fingerprint density at radius 1 is 1.06 bits per heavy atom. The molecule has 0 aliphatic rings. The molecule has 0 bridgehead atoms. The summed E-state index contributed by atoms with van der Waals surface area (Å²) < 4.78 is 31.2. The summed E-state index contributed by atoms with van der Waals surface area (Å²) in [6.07, 6.45) is 2.68. The lowest BCUT2D eigenvalue weighted by atomic mass is 10.1. The van der Waals surface area contributed by atoms with Crippen LogP contribution in [-0.2, 0) is 16.6 Å². The molecule has 1 amide bonds. The van der Waals surface area contributed by atoms with Crippen LogP contribution in [-0.4, -0.2) is 33.9 Å². The number of benzene rings is 3. The standard InChI is InChI=1S/C24H25N3O4S/c1-18-7-9-19(10-8-18)17-27(32(3,29)30)22-13-11-21(12-14-22)24(28)26-25-16-20-5-4-6-23(15-20)31-2/h4-16H,17H2,1-3H3,(H,26,28)/b25-16-. The van der Waals surface area contributed by atoms with Crippen molar-refractivity contribution in [3.05, 3.63) is 95.1 Å². The number of nitrogens with one attached hydrogen (secondary N) is 1. The minimum Gasteiger partial charge on any atom is -0.497 e. The van der Waals surface area contributed by atoms with Gasteiger partial charge < -0.3 is 4.74 Å². The quantitative estimate of drug-likeness (QED) is 0.418. The Bertz CT molecular complexity index is 1200. The molecule has 0 unspecified atom stereocenters. The Kier molecular flexibility index (Phi) is 7.27. The highest BCUT2D eigenvalue weighted by Crippen LogP contribution is 2.21. The van der Waals surface area contributed by atoms with E-state index >= 15 is 0 Å². The van der Waals surface area contributed by atoms with Gasteiger partial charge in [0.1, 0.15) is 5.75 Å². The first-order valence-corrected chi connectivity index (χ1v) is 11.7. The van der Waals surface area contributed by atoms with E-state index in [2.05, 4.69) is 10.5 Å². The van der Waals surface area contributed by atoms with E-state index in [1.54, 1.807) is 37.4 Å². The van der Waals surface area contributed by atoms with Crippen molar-refractivity contribution in [1.82, 2.24) is 5.43 Å². The van der Waals surface area contributed by atoms with Gasteiger partial charge in [0.15, 0.2) is 0 Å².